The summed E-state index contributed by atoms with van der Waals surface area (Å²) in [7, 11) is -1.30. The zero-order valence-corrected chi connectivity index (χ0v) is 22.2. The molecule has 3 aromatic heterocycles. The van der Waals surface area contributed by atoms with Crippen molar-refractivity contribution in [1.29, 1.82) is 5.26 Å². The lowest BCUT2D eigenvalue weighted by molar-refractivity contribution is 0.174. The van der Waals surface area contributed by atoms with Gasteiger partial charge in [-0.1, -0.05) is 6.07 Å². The number of halogens is 1. The summed E-state index contributed by atoms with van der Waals surface area (Å²) in [4.78, 5) is 7.74. The molecule has 0 amide bonds. The Morgan fingerprint density at radius 2 is 1.76 bits per heavy atom. The van der Waals surface area contributed by atoms with Crippen LogP contribution in [0.5, 0.6) is 11.5 Å². The van der Waals surface area contributed by atoms with Crippen molar-refractivity contribution in [2.24, 2.45) is 0 Å². The first-order valence-corrected chi connectivity index (χ1v) is 13.1. The number of alkyl halides is 1. The summed E-state index contributed by atoms with van der Waals surface area (Å²) in [6, 6.07) is 10.3. The third kappa shape index (κ3) is 4.82. The number of aryl methyl sites for hydroxylation is 1. The first-order valence-electron chi connectivity index (χ1n) is 11.4. The minimum absolute atomic E-state index is 0.0137. The molecule has 0 bridgehead atoms. The van der Waals surface area contributed by atoms with E-state index >= 15 is 4.39 Å². The number of nitriles is 1. The zero-order chi connectivity index (χ0) is 27.7. The standard InChI is InChI=1S/C25H25FN6O5S/c1-15-9-10-20(37-15)23-31-30-21(32(23)22-18(35-4)7-6-8-19(22)36-5)14-38(33,34)16(2)25(3,26)24-28-12-17(11-27)13-29-24/h6-10,12-13,16H,14H2,1-5H3/t16-,25+/m1/s1. The molecule has 0 radical (unpaired) electrons. The second-order valence-electron chi connectivity index (χ2n) is 8.63. The molecule has 0 saturated heterocycles. The van der Waals surface area contributed by atoms with Crippen LogP contribution in [0.4, 0.5) is 4.39 Å². The summed E-state index contributed by atoms with van der Waals surface area (Å²) >= 11 is 0. The van der Waals surface area contributed by atoms with Gasteiger partial charge in [0.2, 0.25) is 5.82 Å². The van der Waals surface area contributed by atoms with Crippen molar-refractivity contribution >= 4 is 9.84 Å². The molecule has 11 nitrogen and oxygen atoms in total. The molecule has 4 rings (SSSR count). The molecule has 13 heteroatoms. The first kappa shape index (κ1) is 26.7. The Morgan fingerprint density at radius 1 is 1.13 bits per heavy atom. The van der Waals surface area contributed by atoms with Gasteiger partial charge in [0.05, 0.1) is 19.8 Å². The Balaban J connectivity index is 1.83. The van der Waals surface area contributed by atoms with E-state index in [1.54, 1.807) is 37.3 Å². The summed E-state index contributed by atoms with van der Waals surface area (Å²) < 4.78 is 61.3. The maximum Gasteiger partial charge on any atom is 0.204 e. The molecular weight excluding hydrogens is 515 g/mol. The van der Waals surface area contributed by atoms with Crippen molar-refractivity contribution < 1.29 is 26.7 Å². The molecule has 0 aliphatic carbocycles. The molecule has 0 aliphatic rings. The van der Waals surface area contributed by atoms with Gasteiger partial charge < -0.3 is 13.9 Å². The maximum atomic E-state index is 15.9. The summed E-state index contributed by atoms with van der Waals surface area (Å²) in [5.41, 5.74) is -2.00. The lowest BCUT2D eigenvalue weighted by Gasteiger charge is -2.26. The molecule has 0 saturated carbocycles. The Hall–Kier alpha value is -4.31. The molecular formula is C25H25FN6O5S. The second kappa shape index (κ2) is 10.2. The van der Waals surface area contributed by atoms with Gasteiger partial charge in [-0.2, -0.15) is 5.26 Å². The Bertz CT molecular complexity index is 1580. The minimum atomic E-state index is -4.22. The molecule has 0 unspecified atom stereocenters. The van der Waals surface area contributed by atoms with Gasteiger partial charge in [-0.05, 0) is 45.0 Å². The number of benzene rings is 1. The van der Waals surface area contributed by atoms with Gasteiger partial charge in [-0.25, -0.2) is 22.8 Å². The predicted molar refractivity (Wildman–Crippen MR) is 134 cm³/mol. The van der Waals surface area contributed by atoms with Gasteiger partial charge in [0.25, 0.3) is 0 Å². The topological polar surface area (TPSA) is 146 Å². The lowest BCUT2D eigenvalue weighted by atomic mass is 10.0. The van der Waals surface area contributed by atoms with Crippen LogP contribution >= 0.6 is 0 Å². The van der Waals surface area contributed by atoms with Gasteiger partial charge >= 0.3 is 0 Å². The molecule has 198 valence electrons. The number of para-hydroxylation sites is 1. The third-order valence-corrected chi connectivity index (χ3v) is 8.35. The number of nitrogens with zero attached hydrogens (tertiary/aromatic N) is 6. The first-order chi connectivity index (χ1) is 18.0. The smallest absolute Gasteiger partial charge is 0.204 e. The van der Waals surface area contributed by atoms with Gasteiger partial charge in [0.1, 0.15) is 40.0 Å². The van der Waals surface area contributed by atoms with Crippen molar-refractivity contribution in [2.45, 2.75) is 37.4 Å². The number of furan rings is 1. The van der Waals surface area contributed by atoms with Crippen LogP contribution in [0, 0.1) is 18.3 Å². The van der Waals surface area contributed by atoms with Crippen molar-refractivity contribution in [3.63, 3.8) is 0 Å². The summed E-state index contributed by atoms with van der Waals surface area (Å²) in [5, 5.41) is 15.7. The van der Waals surface area contributed by atoms with E-state index < -0.39 is 26.5 Å². The molecule has 0 spiro atoms. The SMILES string of the molecule is COc1cccc(OC)c1-n1c(CS(=O)(=O)[C@H](C)[C@](C)(F)c2ncc(C#N)cn2)nnc1-c1ccc(C)o1. The van der Waals surface area contributed by atoms with E-state index in [0.717, 1.165) is 19.3 Å². The van der Waals surface area contributed by atoms with Crippen LogP contribution in [0.25, 0.3) is 17.3 Å². The number of methoxy groups -OCH3 is 2. The molecule has 38 heavy (non-hydrogen) atoms. The van der Waals surface area contributed by atoms with Crippen molar-refractivity contribution in [2.75, 3.05) is 14.2 Å². The van der Waals surface area contributed by atoms with Gasteiger partial charge in [0, 0.05) is 12.4 Å². The number of ether oxygens (including phenoxy) is 2. The van der Waals surface area contributed by atoms with Crippen LogP contribution in [0.3, 0.4) is 0 Å². The monoisotopic (exact) mass is 540 g/mol. The van der Waals surface area contributed by atoms with Crippen LogP contribution < -0.4 is 9.47 Å². The summed E-state index contributed by atoms with van der Waals surface area (Å²) in [6.07, 6.45) is 2.28. The highest BCUT2D eigenvalue weighted by Gasteiger charge is 2.44. The Kier molecular flexibility index (Phi) is 7.19. The second-order valence-corrected chi connectivity index (χ2v) is 11.0. The number of rotatable bonds is 9. The zero-order valence-electron chi connectivity index (χ0n) is 21.3. The predicted octanol–water partition coefficient (Wildman–Crippen LogP) is 3.70. The van der Waals surface area contributed by atoms with E-state index in [4.69, 9.17) is 19.2 Å². The van der Waals surface area contributed by atoms with Crippen molar-refractivity contribution in [3.8, 4) is 34.8 Å². The molecule has 4 aromatic rings. The summed E-state index contributed by atoms with van der Waals surface area (Å²) in [6.45, 7) is 4.08. The van der Waals surface area contributed by atoms with E-state index in [2.05, 4.69) is 20.2 Å². The van der Waals surface area contributed by atoms with Crippen LogP contribution in [0.2, 0.25) is 0 Å². The normalized spacial score (nSPS) is 13.9. The van der Waals surface area contributed by atoms with E-state index in [1.807, 2.05) is 6.07 Å². The Morgan fingerprint density at radius 3 is 2.29 bits per heavy atom. The van der Waals surface area contributed by atoms with E-state index in [1.165, 1.54) is 25.7 Å². The Labute approximate surface area is 218 Å². The third-order valence-electron chi connectivity index (χ3n) is 6.17. The number of hydrogen-bond donors (Lipinski definition) is 0. The molecule has 1 aromatic carbocycles. The van der Waals surface area contributed by atoms with E-state index in [0.29, 0.717) is 28.7 Å². The molecule has 0 N–H and O–H groups in total. The fourth-order valence-corrected chi connectivity index (χ4v) is 5.45. The number of sulfone groups is 1. The maximum absolute atomic E-state index is 15.9. The van der Waals surface area contributed by atoms with Gasteiger partial charge in [-0.3, -0.25) is 4.57 Å². The van der Waals surface area contributed by atoms with Gasteiger partial charge in [0.15, 0.2) is 32.9 Å². The highest BCUT2D eigenvalue weighted by Crippen LogP contribution is 2.38. The van der Waals surface area contributed by atoms with Crippen LogP contribution in [-0.4, -0.2) is 52.6 Å². The number of hydrogen-bond acceptors (Lipinski definition) is 10. The number of aromatic nitrogens is 5. The molecule has 0 fully saturated rings. The highest BCUT2D eigenvalue weighted by molar-refractivity contribution is 7.91. The molecule has 3 heterocycles. The van der Waals surface area contributed by atoms with Crippen LogP contribution in [-0.2, 0) is 21.3 Å². The fraction of sp³-hybridized carbons (Fsp3) is 0.320. The quantitative estimate of drug-likeness (QED) is 0.308. The molecule has 2 atom stereocenters. The van der Waals surface area contributed by atoms with Crippen LogP contribution in [0.1, 0.15) is 36.8 Å². The van der Waals surface area contributed by atoms with E-state index in [-0.39, 0.29) is 23.0 Å². The lowest BCUT2D eigenvalue weighted by Crippen LogP contribution is -2.39. The van der Waals surface area contributed by atoms with E-state index in [9.17, 15) is 8.42 Å². The van der Waals surface area contributed by atoms with Crippen molar-refractivity contribution in [1.82, 2.24) is 24.7 Å². The highest BCUT2D eigenvalue weighted by atomic mass is 32.2. The average molecular weight is 541 g/mol. The van der Waals surface area contributed by atoms with Crippen molar-refractivity contribution in [3.05, 3.63) is 65.7 Å². The van der Waals surface area contributed by atoms with Gasteiger partial charge in [-0.15, -0.1) is 10.2 Å². The van der Waals surface area contributed by atoms with Crippen LogP contribution in [0.15, 0.2) is 47.1 Å². The minimum Gasteiger partial charge on any atom is -0.494 e. The molecule has 0 aliphatic heterocycles. The average Bonchev–Trinajstić information content (AvgIpc) is 3.52. The fourth-order valence-electron chi connectivity index (χ4n) is 3.87. The largest absolute Gasteiger partial charge is 0.494 e. The summed E-state index contributed by atoms with van der Waals surface area (Å²) in [5.74, 6) is 0.826.